The highest BCUT2D eigenvalue weighted by Crippen LogP contribution is 2.33. The van der Waals surface area contributed by atoms with Gasteiger partial charge >= 0.3 is 0 Å². The van der Waals surface area contributed by atoms with Gasteiger partial charge in [-0.2, -0.15) is 5.10 Å². The van der Waals surface area contributed by atoms with Crippen LogP contribution in [0.5, 0.6) is 0 Å². The fourth-order valence-corrected chi connectivity index (χ4v) is 3.57. The molecule has 4 heteroatoms. The highest BCUT2D eigenvalue weighted by atomic mass is 32.1. The van der Waals surface area contributed by atoms with E-state index in [1.165, 1.54) is 37.7 Å². The average Bonchev–Trinajstić information content (AvgIpc) is 2.35. The molecule has 0 saturated heterocycles. The molecule has 0 aromatic carbocycles. The van der Waals surface area contributed by atoms with Gasteiger partial charge in [-0.3, -0.25) is 5.43 Å². The van der Waals surface area contributed by atoms with E-state index in [0.717, 1.165) is 18.6 Å². The number of allylic oxidation sites excluding steroid dienone is 2. The molecule has 1 saturated carbocycles. The lowest BCUT2D eigenvalue weighted by Gasteiger charge is -2.29. The molecule has 2 aliphatic rings. The molecule has 3 nitrogen and oxygen atoms in total. The number of nitrogens with one attached hydrogen (secondary N) is 2. The van der Waals surface area contributed by atoms with Crippen molar-refractivity contribution in [3.05, 3.63) is 11.6 Å². The van der Waals surface area contributed by atoms with E-state index in [1.54, 1.807) is 0 Å². The zero-order valence-electron chi connectivity index (χ0n) is 13.0. The van der Waals surface area contributed by atoms with Gasteiger partial charge in [0.15, 0.2) is 5.11 Å². The van der Waals surface area contributed by atoms with E-state index in [4.69, 9.17) is 12.2 Å². The summed E-state index contributed by atoms with van der Waals surface area (Å²) in [4.78, 5) is 0. The number of thiocarbonyl (C=S) groups is 1. The van der Waals surface area contributed by atoms with Crippen LogP contribution in [0.1, 0.15) is 65.7 Å². The van der Waals surface area contributed by atoms with Crippen molar-refractivity contribution in [1.29, 1.82) is 0 Å². The SMILES string of the molecule is CC1=CC(=NNC(=S)NC2CCCCC2)CC(C)(C)C1. The Kier molecular flexibility index (Phi) is 5.19. The van der Waals surface area contributed by atoms with Gasteiger partial charge in [-0.1, -0.05) is 38.7 Å². The second-order valence-electron chi connectivity index (χ2n) is 7.03. The first-order valence-corrected chi connectivity index (χ1v) is 8.16. The molecule has 2 aliphatic carbocycles. The van der Waals surface area contributed by atoms with Crippen LogP contribution in [0.2, 0.25) is 0 Å². The summed E-state index contributed by atoms with van der Waals surface area (Å²) < 4.78 is 0. The fourth-order valence-electron chi connectivity index (χ4n) is 3.35. The molecule has 2 rings (SSSR count). The van der Waals surface area contributed by atoms with E-state index in [9.17, 15) is 0 Å². The quantitative estimate of drug-likeness (QED) is 0.599. The largest absolute Gasteiger partial charge is 0.359 e. The second kappa shape index (κ2) is 6.70. The molecule has 0 spiro atoms. The van der Waals surface area contributed by atoms with E-state index in [1.807, 2.05) is 0 Å². The Labute approximate surface area is 128 Å². The van der Waals surface area contributed by atoms with Crippen LogP contribution >= 0.6 is 12.2 Å². The molecule has 0 aliphatic heterocycles. The van der Waals surface area contributed by atoms with Crippen molar-refractivity contribution in [3.8, 4) is 0 Å². The van der Waals surface area contributed by atoms with E-state index in [0.29, 0.717) is 16.6 Å². The molecule has 0 aromatic heterocycles. The summed E-state index contributed by atoms with van der Waals surface area (Å²) >= 11 is 5.34. The van der Waals surface area contributed by atoms with Crippen molar-refractivity contribution >= 4 is 23.0 Å². The fraction of sp³-hybridized carbons (Fsp3) is 0.750. The molecule has 2 N–H and O–H groups in total. The van der Waals surface area contributed by atoms with Crippen molar-refractivity contribution in [2.75, 3.05) is 0 Å². The maximum absolute atomic E-state index is 5.34. The van der Waals surface area contributed by atoms with E-state index >= 15 is 0 Å². The number of nitrogens with zero attached hydrogens (tertiary/aromatic N) is 1. The van der Waals surface area contributed by atoms with E-state index < -0.39 is 0 Å². The number of rotatable bonds is 2. The first-order chi connectivity index (χ1) is 9.44. The van der Waals surface area contributed by atoms with Crippen molar-refractivity contribution in [2.45, 2.75) is 71.8 Å². The number of hydrazone groups is 1. The Bertz CT molecular complexity index is 417. The molecule has 1 fully saturated rings. The molecule has 0 unspecified atom stereocenters. The van der Waals surface area contributed by atoms with Gasteiger partial charge in [-0.05, 0) is 56.3 Å². The third-order valence-electron chi connectivity index (χ3n) is 4.07. The topological polar surface area (TPSA) is 36.4 Å². The summed E-state index contributed by atoms with van der Waals surface area (Å²) in [5.74, 6) is 0. The van der Waals surface area contributed by atoms with Crippen LogP contribution in [0.15, 0.2) is 16.8 Å². The lowest BCUT2D eigenvalue weighted by molar-refractivity contribution is 0.372. The van der Waals surface area contributed by atoms with Gasteiger partial charge in [0, 0.05) is 6.04 Å². The average molecular weight is 293 g/mol. The molecule has 0 heterocycles. The van der Waals surface area contributed by atoms with Gasteiger partial charge in [0.05, 0.1) is 5.71 Å². The summed E-state index contributed by atoms with van der Waals surface area (Å²) in [5, 5.41) is 8.53. The summed E-state index contributed by atoms with van der Waals surface area (Å²) in [7, 11) is 0. The Morgan fingerprint density at radius 1 is 1.25 bits per heavy atom. The van der Waals surface area contributed by atoms with Crippen LogP contribution in [0.4, 0.5) is 0 Å². The summed E-state index contributed by atoms with van der Waals surface area (Å²) in [6.07, 6.45) is 10.8. The Morgan fingerprint density at radius 2 is 1.95 bits per heavy atom. The first-order valence-electron chi connectivity index (χ1n) is 7.75. The highest BCUT2D eigenvalue weighted by Gasteiger charge is 2.24. The Morgan fingerprint density at radius 3 is 2.60 bits per heavy atom. The molecule has 0 radical (unpaired) electrons. The third-order valence-corrected chi connectivity index (χ3v) is 4.28. The first kappa shape index (κ1) is 15.5. The Balaban J connectivity index is 1.85. The normalized spacial score (nSPS) is 25.1. The predicted octanol–water partition coefficient (Wildman–Crippen LogP) is 3.91. The van der Waals surface area contributed by atoms with Gasteiger partial charge in [-0.15, -0.1) is 0 Å². The zero-order valence-corrected chi connectivity index (χ0v) is 13.8. The predicted molar refractivity (Wildman–Crippen MR) is 89.9 cm³/mol. The second-order valence-corrected chi connectivity index (χ2v) is 7.44. The van der Waals surface area contributed by atoms with Gasteiger partial charge in [0.2, 0.25) is 0 Å². The summed E-state index contributed by atoms with van der Waals surface area (Å²) in [5.41, 5.74) is 5.82. The van der Waals surface area contributed by atoms with Crippen molar-refractivity contribution < 1.29 is 0 Å². The van der Waals surface area contributed by atoms with Gasteiger partial charge < -0.3 is 5.32 Å². The number of hydrogen-bond donors (Lipinski definition) is 2. The van der Waals surface area contributed by atoms with Crippen LogP contribution in [-0.2, 0) is 0 Å². The molecule has 0 atom stereocenters. The molecule has 0 amide bonds. The lowest BCUT2D eigenvalue weighted by atomic mass is 9.77. The standard InChI is InChI=1S/C16H27N3S/c1-12-9-14(11-16(2,3)10-12)18-19-15(20)17-13-7-5-4-6-8-13/h9,13H,4-8,10-11H2,1-3H3,(H2,17,19,20). The maximum atomic E-state index is 5.34. The van der Waals surface area contributed by atoms with Crippen LogP contribution in [0.25, 0.3) is 0 Å². The van der Waals surface area contributed by atoms with Gasteiger partial charge in [0.1, 0.15) is 0 Å². The van der Waals surface area contributed by atoms with E-state index in [-0.39, 0.29) is 0 Å². The highest BCUT2D eigenvalue weighted by molar-refractivity contribution is 7.80. The van der Waals surface area contributed by atoms with Gasteiger partial charge in [0.25, 0.3) is 0 Å². The van der Waals surface area contributed by atoms with Crippen molar-refractivity contribution in [1.82, 2.24) is 10.7 Å². The lowest BCUT2D eigenvalue weighted by Crippen LogP contribution is -2.41. The van der Waals surface area contributed by atoms with E-state index in [2.05, 4.69) is 42.7 Å². The maximum Gasteiger partial charge on any atom is 0.187 e. The van der Waals surface area contributed by atoms with Crippen LogP contribution < -0.4 is 10.7 Å². The smallest absolute Gasteiger partial charge is 0.187 e. The summed E-state index contributed by atoms with van der Waals surface area (Å²) in [6.45, 7) is 6.75. The van der Waals surface area contributed by atoms with Crippen LogP contribution in [-0.4, -0.2) is 16.9 Å². The molecule has 112 valence electrons. The monoisotopic (exact) mass is 293 g/mol. The summed E-state index contributed by atoms with van der Waals surface area (Å²) in [6, 6.07) is 0.532. The number of hydrogen-bond acceptors (Lipinski definition) is 2. The molecular weight excluding hydrogens is 266 g/mol. The van der Waals surface area contributed by atoms with Gasteiger partial charge in [-0.25, -0.2) is 0 Å². The zero-order chi connectivity index (χ0) is 14.6. The third kappa shape index (κ3) is 4.89. The van der Waals surface area contributed by atoms with Crippen LogP contribution in [0.3, 0.4) is 0 Å². The minimum absolute atomic E-state index is 0.303. The molecule has 0 bridgehead atoms. The van der Waals surface area contributed by atoms with Crippen molar-refractivity contribution in [3.63, 3.8) is 0 Å². The van der Waals surface area contributed by atoms with Crippen LogP contribution in [0, 0.1) is 5.41 Å². The molecule has 0 aromatic rings. The Hall–Kier alpha value is -0.900. The van der Waals surface area contributed by atoms with Crippen molar-refractivity contribution in [2.24, 2.45) is 10.5 Å². The minimum Gasteiger partial charge on any atom is -0.359 e. The minimum atomic E-state index is 0.303. The molecule has 20 heavy (non-hydrogen) atoms. The molecular formula is C16H27N3S.